The summed E-state index contributed by atoms with van der Waals surface area (Å²) in [7, 11) is 0. The maximum atomic E-state index is 12.9. The summed E-state index contributed by atoms with van der Waals surface area (Å²) in [4.78, 5) is 25.7. The highest BCUT2D eigenvalue weighted by molar-refractivity contribution is 6.53. The van der Waals surface area contributed by atoms with Crippen molar-refractivity contribution in [2.45, 2.75) is 17.2 Å². The van der Waals surface area contributed by atoms with Gasteiger partial charge in [0.05, 0.1) is 16.5 Å². The highest BCUT2D eigenvalue weighted by Crippen LogP contribution is 2.65. The Hall–Kier alpha value is -1.95. The number of hydrogen-bond donors (Lipinski definition) is 2. The molecule has 1 fully saturated rings. The molecule has 3 aromatic rings. The van der Waals surface area contributed by atoms with Crippen molar-refractivity contribution < 1.29 is 9.59 Å². The summed E-state index contributed by atoms with van der Waals surface area (Å²) < 4.78 is -1.31. The SMILES string of the molecule is Cc1[c]cc(NC(=O)c2cc(NC(=O)C3C(c4cc(Cl)cc(Cl)c4)C3(Cl)Cl)ccc2Cl)cc1. The van der Waals surface area contributed by atoms with Crippen molar-refractivity contribution in [3.05, 3.63) is 92.4 Å². The van der Waals surface area contributed by atoms with Crippen molar-refractivity contribution in [1.29, 1.82) is 0 Å². The third kappa shape index (κ3) is 5.26. The molecule has 4 nitrogen and oxygen atoms in total. The average Bonchev–Trinajstić information content (AvgIpc) is 3.32. The standard InChI is InChI=1S/C24H16Cl5N2O2/c1-12-2-4-16(5-3-12)30-22(32)18-11-17(6-7-19(18)27)31-23(33)21-20(24(21,28)29)13-8-14(25)10-15(26)9-13/h2,4-11,20-21H,1H3,(H,30,32)(H,31,33). The first-order valence-corrected chi connectivity index (χ1v) is 11.7. The molecule has 0 heterocycles. The second-order valence-corrected chi connectivity index (χ2v) is 10.5. The predicted molar refractivity (Wildman–Crippen MR) is 135 cm³/mol. The minimum atomic E-state index is -1.31. The smallest absolute Gasteiger partial charge is 0.257 e. The zero-order valence-electron chi connectivity index (χ0n) is 17.1. The number of aryl methyl sites for hydroxylation is 1. The molecule has 1 aliphatic rings. The fourth-order valence-electron chi connectivity index (χ4n) is 3.60. The summed E-state index contributed by atoms with van der Waals surface area (Å²) in [6, 6.07) is 17.8. The van der Waals surface area contributed by atoms with Crippen LogP contribution in [0, 0.1) is 18.9 Å². The Kier molecular flexibility index (Phi) is 6.86. The van der Waals surface area contributed by atoms with Crippen molar-refractivity contribution >= 4 is 81.2 Å². The van der Waals surface area contributed by atoms with E-state index >= 15 is 0 Å². The van der Waals surface area contributed by atoms with E-state index in [2.05, 4.69) is 16.7 Å². The van der Waals surface area contributed by atoms with Crippen LogP contribution < -0.4 is 10.6 Å². The van der Waals surface area contributed by atoms with Gasteiger partial charge in [-0.3, -0.25) is 9.59 Å². The molecule has 0 aliphatic heterocycles. The monoisotopic (exact) mass is 539 g/mol. The predicted octanol–water partition coefficient (Wildman–Crippen LogP) is 7.53. The van der Waals surface area contributed by atoms with Crippen LogP contribution in [0.15, 0.2) is 54.6 Å². The van der Waals surface area contributed by atoms with Crippen LogP contribution in [0.25, 0.3) is 0 Å². The van der Waals surface area contributed by atoms with Crippen molar-refractivity contribution in [3.63, 3.8) is 0 Å². The van der Waals surface area contributed by atoms with E-state index in [1.54, 1.807) is 36.4 Å². The Balaban J connectivity index is 1.50. The highest BCUT2D eigenvalue weighted by atomic mass is 35.5. The number of carbonyl (C=O) groups is 2. The number of halogens is 5. The van der Waals surface area contributed by atoms with Crippen LogP contribution in [0.3, 0.4) is 0 Å². The summed E-state index contributed by atoms with van der Waals surface area (Å²) in [5.41, 5.74) is 2.77. The summed E-state index contributed by atoms with van der Waals surface area (Å²) in [6.45, 7) is 1.90. The number of alkyl halides is 2. The molecule has 3 aromatic carbocycles. The molecule has 0 spiro atoms. The van der Waals surface area contributed by atoms with Gasteiger partial charge in [-0.25, -0.2) is 0 Å². The van der Waals surface area contributed by atoms with Crippen LogP contribution in [0.4, 0.5) is 11.4 Å². The van der Waals surface area contributed by atoms with Gasteiger partial charge in [0.2, 0.25) is 5.91 Å². The minimum Gasteiger partial charge on any atom is -0.326 e. The number of carbonyl (C=O) groups excluding carboxylic acids is 2. The third-order valence-corrected chi connectivity index (χ3v) is 6.99. The van der Waals surface area contributed by atoms with Gasteiger partial charge in [0.25, 0.3) is 5.91 Å². The molecule has 33 heavy (non-hydrogen) atoms. The van der Waals surface area contributed by atoms with E-state index in [1.807, 2.05) is 13.0 Å². The fraction of sp³-hybridized carbons (Fsp3) is 0.167. The topological polar surface area (TPSA) is 58.2 Å². The van der Waals surface area contributed by atoms with Crippen LogP contribution in [0.1, 0.15) is 27.4 Å². The first-order chi connectivity index (χ1) is 15.6. The van der Waals surface area contributed by atoms with Crippen molar-refractivity contribution in [2.24, 2.45) is 5.92 Å². The second kappa shape index (κ2) is 9.36. The number of anilines is 2. The molecule has 0 bridgehead atoms. The molecule has 1 radical (unpaired) electrons. The third-order valence-electron chi connectivity index (χ3n) is 5.28. The van der Waals surface area contributed by atoms with Crippen molar-refractivity contribution in [3.8, 4) is 0 Å². The lowest BCUT2D eigenvalue weighted by atomic mass is 10.1. The minimum absolute atomic E-state index is 0.201. The molecule has 9 heteroatoms. The molecular formula is C24H16Cl5N2O2. The Morgan fingerprint density at radius 3 is 2.21 bits per heavy atom. The largest absolute Gasteiger partial charge is 0.326 e. The normalized spacial score (nSPS) is 18.5. The van der Waals surface area contributed by atoms with Crippen LogP contribution >= 0.6 is 58.0 Å². The maximum Gasteiger partial charge on any atom is 0.257 e. The van der Waals surface area contributed by atoms with Gasteiger partial charge in [0, 0.05) is 27.3 Å². The zero-order chi connectivity index (χ0) is 23.9. The van der Waals surface area contributed by atoms with Crippen LogP contribution in [0.2, 0.25) is 15.1 Å². The molecular weight excluding hydrogens is 526 g/mol. The van der Waals surface area contributed by atoms with E-state index in [0.717, 1.165) is 5.56 Å². The molecule has 1 aliphatic carbocycles. The van der Waals surface area contributed by atoms with Gasteiger partial charge in [-0.15, -0.1) is 23.2 Å². The van der Waals surface area contributed by atoms with E-state index in [-0.39, 0.29) is 10.6 Å². The van der Waals surface area contributed by atoms with Gasteiger partial charge < -0.3 is 10.6 Å². The lowest BCUT2D eigenvalue weighted by Crippen LogP contribution is -2.18. The van der Waals surface area contributed by atoms with Gasteiger partial charge in [0.15, 0.2) is 0 Å². The van der Waals surface area contributed by atoms with Gasteiger partial charge >= 0.3 is 0 Å². The molecule has 1 saturated carbocycles. The Morgan fingerprint density at radius 1 is 0.909 bits per heavy atom. The number of benzene rings is 3. The molecule has 4 rings (SSSR count). The van der Waals surface area contributed by atoms with E-state index in [1.165, 1.54) is 12.1 Å². The first-order valence-electron chi connectivity index (χ1n) is 9.80. The molecule has 2 N–H and O–H groups in total. The number of hydrogen-bond acceptors (Lipinski definition) is 2. The molecule has 0 aromatic heterocycles. The van der Waals surface area contributed by atoms with E-state index in [4.69, 9.17) is 58.0 Å². The van der Waals surface area contributed by atoms with E-state index in [9.17, 15) is 9.59 Å². The maximum absolute atomic E-state index is 12.9. The molecule has 169 valence electrons. The highest BCUT2D eigenvalue weighted by Gasteiger charge is 2.67. The number of amides is 2. The van der Waals surface area contributed by atoms with Crippen LogP contribution in [-0.2, 0) is 4.79 Å². The number of rotatable bonds is 5. The summed E-state index contributed by atoms with van der Waals surface area (Å²) in [5.74, 6) is -2.03. The quantitative estimate of drug-likeness (QED) is 0.328. The summed E-state index contributed by atoms with van der Waals surface area (Å²) in [5, 5.41) is 6.61. The van der Waals surface area contributed by atoms with E-state index in [0.29, 0.717) is 27.0 Å². The Bertz CT molecular complexity index is 1220. The van der Waals surface area contributed by atoms with E-state index < -0.39 is 28.0 Å². The Labute approximate surface area is 216 Å². The Morgan fingerprint density at radius 2 is 1.58 bits per heavy atom. The van der Waals surface area contributed by atoms with Crippen molar-refractivity contribution in [1.82, 2.24) is 0 Å². The van der Waals surface area contributed by atoms with Crippen LogP contribution in [-0.4, -0.2) is 16.1 Å². The molecule has 0 saturated heterocycles. The lowest BCUT2D eigenvalue weighted by molar-refractivity contribution is -0.117. The summed E-state index contributed by atoms with van der Waals surface area (Å²) >= 11 is 31.2. The van der Waals surface area contributed by atoms with Crippen LogP contribution in [0.5, 0.6) is 0 Å². The lowest BCUT2D eigenvalue weighted by Gasteiger charge is -2.10. The average molecular weight is 542 g/mol. The van der Waals surface area contributed by atoms with Gasteiger partial charge in [0.1, 0.15) is 4.33 Å². The van der Waals surface area contributed by atoms with Crippen molar-refractivity contribution in [2.75, 3.05) is 10.6 Å². The summed E-state index contributed by atoms with van der Waals surface area (Å²) in [6.07, 6.45) is 0. The van der Waals surface area contributed by atoms with Gasteiger partial charge in [-0.1, -0.05) is 40.9 Å². The number of nitrogens with one attached hydrogen (secondary N) is 2. The zero-order valence-corrected chi connectivity index (χ0v) is 20.8. The van der Waals surface area contributed by atoms with Gasteiger partial charge in [-0.2, -0.15) is 0 Å². The van der Waals surface area contributed by atoms with Gasteiger partial charge in [-0.05, 0) is 72.6 Å². The molecule has 2 unspecified atom stereocenters. The first kappa shape index (κ1) is 24.2. The fourth-order valence-corrected chi connectivity index (χ4v) is 5.17. The second-order valence-electron chi connectivity index (χ2n) is 7.73. The molecule has 2 amide bonds. The molecule has 2 atom stereocenters.